The summed E-state index contributed by atoms with van der Waals surface area (Å²) in [5.74, 6) is -0.233. The Balaban J connectivity index is 2.55. The summed E-state index contributed by atoms with van der Waals surface area (Å²) < 4.78 is 0. The van der Waals surface area contributed by atoms with E-state index in [9.17, 15) is 4.79 Å². The first-order valence-corrected chi connectivity index (χ1v) is 6.58. The van der Waals surface area contributed by atoms with Crippen LogP contribution in [-0.4, -0.2) is 36.1 Å². The van der Waals surface area contributed by atoms with Gasteiger partial charge in [-0.25, -0.2) is 0 Å². The quantitative estimate of drug-likeness (QED) is 0.770. The van der Waals surface area contributed by atoms with Crippen molar-refractivity contribution in [2.24, 2.45) is 0 Å². The van der Waals surface area contributed by atoms with Gasteiger partial charge in [-0.2, -0.15) is 0 Å². The summed E-state index contributed by atoms with van der Waals surface area (Å²) in [6.45, 7) is 3.72. The average Bonchev–Trinajstić information content (AvgIpc) is 2.37. The first-order chi connectivity index (χ1) is 8.63. The molecule has 0 saturated heterocycles. The van der Waals surface area contributed by atoms with Crippen LogP contribution in [0.1, 0.15) is 37.7 Å². The van der Waals surface area contributed by atoms with Gasteiger partial charge in [0.2, 0.25) is 0 Å². The molecule has 1 atom stereocenters. The molecule has 0 spiro atoms. The molecule has 1 unspecified atom stereocenters. The number of rotatable bonds is 8. The second-order valence-corrected chi connectivity index (χ2v) is 4.80. The number of carboxylic acid groups (broad SMARTS) is 1. The van der Waals surface area contributed by atoms with Crippen molar-refractivity contribution >= 4 is 5.97 Å². The van der Waals surface area contributed by atoms with Gasteiger partial charge in [0, 0.05) is 13.1 Å². The zero-order valence-corrected chi connectivity index (χ0v) is 11.3. The van der Waals surface area contributed by atoms with E-state index in [0.29, 0.717) is 12.5 Å². The van der Waals surface area contributed by atoms with Gasteiger partial charge in [0.25, 0.3) is 0 Å². The number of hydrogen-bond acceptors (Lipinski definition) is 2. The third-order valence-corrected chi connectivity index (χ3v) is 3.15. The van der Waals surface area contributed by atoms with Crippen LogP contribution in [-0.2, 0) is 4.79 Å². The van der Waals surface area contributed by atoms with Crippen LogP contribution in [0, 0.1) is 0 Å². The molecule has 0 amide bonds. The third kappa shape index (κ3) is 5.32. The number of likely N-dealkylation sites (N-methyl/N-ethyl adjacent to an activating group) is 1. The first-order valence-electron chi connectivity index (χ1n) is 6.58. The molecule has 1 N–H and O–H groups in total. The van der Waals surface area contributed by atoms with Gasteiger partial charge in [0.1, 0.15) is 0 Å². The monoisotopic (exact) mass is 249 g/mol. The van der Waals surface area contributed by atoms with Gasteiger partial charge >= 0.3 is 5.97 Å². The van der Waals surface area contributed by atoms with Gasteiger partial charge in [-0.05, 0) is 24.9 Å². The van der Waals surface area contributed by atoms with Crippen molar-refractivity contribution in [1.29, 1.82) is 0 Å². The van der Waals surface area contributed by atoms with Crippen molar-refractivity contribution in [3.05, 3.63) is 35.9 Å². The molecule has 0 bridgehead atoms. The molecule has 100 valence electrons. The number of aliphatic carboxylic acids is 1. The van der Waals surface area contributed by atoms with Crippen molar-refractivity contribution in [3.8, 4) is 0 Å². The Bertz CT molecular complexity index is 351. The number of benzene rings is 1. The second kappa shape index (κ2) is 7.88. The molecule has 18 heavy (non-hydrogen) atoms. The Hall–Kier alpha value is -1.35. The van der Waals surface area contributed by atoms with Crippen LogP contribution in [0.15, 0.2) is 30.3 Å². The molecular weight excluding hydrogens is 226 g/mol. The summed E-state index contributed by atoms with van der Waals surface area (Å²) in [5.41, 5.74) is 1.35. The summed E-state index contributed by atoms with van der Waals surface area (Å²) in [6.07, 6.45) is 2.50. The average molecular weight is 249 g/mol. The molecule has 0 aromatic heterocycles. The summed E-state index contributed by atoms with van der Waals surface area (Å²) in [4.78, 5) is 12.7. The summed E-state index contributed by atoms with van der Waals surface area (Å²) >= 11 is 0. The van der Waals surface area contributed by atoms with Crippen LogP contribution in [0.2, 0.25) is 0 Å². The van der Waals surface area contributed by atoms with Crippen molar-refractivity contribution in [2.45, 2.75) is 32.1 Å². The van der Waals surface area contributed by atoms with E-state index in [-0.39, 0.29) is 6.42 Å². The normalized spacial score (nSPS) is 12.6. The predicted molar refractivity (Wildman–Crippen MR) is 73.8 cm³/mol. The van der Waals surface area contributed by atoms with Crippen LogP contribution in [0.3, 0.4) is 0 Å². The molecule has 1 aromatic rings. The minimum atomic E-state index is -0.728. The molecule has 0 saturated carbocycles. The highest BCUT2D eigenvalue weighted by Crippen LogP contribution is 2.21. The maximum Gasteiger partial charge on any atom is 0.304 e. The minimum absolute atomic E-state index is 0.212. The fraction of sp³-hybridized carbons (Fsp3) is 0.533. The lowest BCUT2D eigenvalue weighted by Crippen LogP contribution is -2.27. The fourth-order valence-corrected chi connectivity index (χ4v) is 2.19. The Morgan fingerprint density at radius 1 is 1.33 bits per heavy atom. The van der Waals surface area contributed by atoms with E-state index in [1.54, 1.807) is 0 Å². The van der Waals surface area contributed by atoms with Crippen LogP contribution >= 0.6 is 0 Å². The van der Waals surface area contributed by atoms with Gasteiger partial charge < -0.3 is 10.0 Å². The van der Waals surface area contributed by atoms with E-state index in [1.807, 2.05) is 13.1 Å². The third-order valence-electron chi connectivity index (χ3n) is 3.15. The van der Waals surface area contributed by atoms with E-state index in [1.165, 1.54) is 5.56 Å². The minimum Gasteiger partial charge on any atom is -0.481 e. The van der Waals surface area contributed by atoms with E-state index >= 15 is 0 Å². The Morgan fingerprint density at radius 2 is 2.00 bits per heavy atom. The summed E-state index contributed by atoms with van der Waals surface area (Å²) in [7, 11) is 1.99. The van der Waals surface area contributed by atoms with Gasteiger partial charge in [-0.1, -0.05) is 43.7 Å². The van der Waals surface area contributed by atoms with Gasteiger partial charge in [0.15, 0.2) is 0 Å². The molecule has 0 aliphatic heterocycles. The second-order valence-electron chi connectivity index (χ2n) is 4.80. The predicted octanol–water partition coefficient (Wildman–Crippen LogP) is 2.98. The van der Waals surface area contributed by atoms with Crippen LogP contribution in [0.5, 0.6) is 0 Å². The van der Waals surface area contributed by atoms with Crippen molar-refractivity contribution in [2.75, 3.05) is 20.1 Å². The lowest BCUT2D eigenvalue weighted by Gasteiger charge is -2.23. The van der Waals surface area contributed by atoms with E-state index in [2.05, 4.69) is 36.1 Å². The Kier molecular flexibility index (Phi) is 6.44. The van der Waals surface area contributed by atoms with Crippen molar-refractivity contribution < 1.29 is 9.90 Å². The van der Waals surface area contributed by atoms with Crippen molar-refractivity contribution in [1.82, 2.24) is 4.90 Å². The maximum atomic E-state index is 10.6. The highest BCUT2D eigenvalue weighted by Gasteiger charge is 2.13. The fourth-order valence-electron chi connectivity index (χ4n) is 2.19. The molecule has 3 nitrogen and oxygen atoms in total. The molecular formula is C15H23NO2. The van der Waals surface area contributed by atoms with Crippen LogP contribution in [0.25, 0.3) is 0 Å². The highest BCUT2D eigenvalue weighted by atomic mass is 16.4. The summed E-state index contributed by atoms with van der Waals surface area (Å²) in [5, 5.41) is 8.69. The summed E-state index contributed by atoms with van der Waals surface area (Å²) in [6, 6.07) is 10.5. The topological polar surface area (TPSA) is 40.5 Å². The number of nitrogens with zero attached hydrogens (tertiary/aromatic N) is 1. The van der Waals surface area contributed by atoms with Gasteiger partial charge in [-0.15, -0.1) is 0 Å². The molecule has 0 heterocycles. The van der Waals surface area contributed by atoms with Crippen LogP contribution in [0.4, 0.5) is 0 Å². The largest absolute Gasteiger partial charge is 0.481 e. The maximum absolute atomic E-state index is 10.6. The van der Waals surface area contributed by atoms with E-state index < -0.39 is 5.97 Å². The molecule has 0 aliphatic carbocycles. The SMILES string of the molecule is CCCC(CN(C)CCC(=O)O)c1ccccc1. The Morgan fingerprint density at radius 3 is 2.56 bits per heavy atom. The Labute approximate surface area is 109 Å². The highest BCUT2D eigenvalue weighted by molar-refractivity contribution is 5.66. The first kappa shape index (κ1) is 14.7. The molecule has 0 aliphatic rings. The molecule has 0 radical (unpaired) electrons. The van der Waals surface area contributed by atoms with E-state index in [4.69, 9.17) is 5.11 Å². The molecule has 1 aromatic carbocycles. The lowest BCUT2D eigenvalue weighted by atomic mass is 9.94. The number of hydrogen-bond donors (Lipinski definition) is 1. The van der Waals surface area contributed by atoms with Crippen LogP contribution < -0.4 is 0 Å². The molecule has 3 heteroatoms. The number of carboxylic acids is 1. The zero-order valence-electron chi connectivity index (χ0n) is 11.3. The number of carbonyl (C=O) groups is 1. The lowest BCUT2D eigenvalue weighted by molar-refractivity contribution is -0.137. The van der Waals surface area contributed by atoms with E-state index in [0.717, 1.165) is 19.4 Å². The van der Waals surface area contributed by atoms with Gasteiger partial charge in [0.05, 0.1) is 6.42 Å². The molecule has 0 fully saturated rings. The standard InChI is InChI=1S/C15H23NO2/c1-3-7-14(13-8-5-4-6-9-13)12-16(2)11-10-15(17)18/h4-6,8-9,14H,3,7,10-12H2,1-2H3,(H,17,18). The van der Waals surface area contributed by atoms with Gasteiger partial charge in [-0.3, -0.25) is 4.79 Å². The van der Waals surface area contributed by atoms with Crippen molar-refractivity contribution in [3.63, 3.8) is 0 Å². The zero-order chi connectivity index (χ0) is 13.4. The smallest absolute Gasteiger partial charge is 0.304 e. The molecule has 1 rings (SSSR count).